The van der Waals surface area contributed by atoms with E-state index in [1.54, 1.807) is 30.3 Å². The first-order valence-electron chi connectivity index (χ1n) is 6.07. The number of hydrogen-bond acceptors (Lipinski definition) is 4. The second-order valence-electron chi connectivity index (χ2n) is 4.62. The maximum Gasteiger partial charge on any atom is 0.274 e. The third-order valence-corrected chi connectivity index (χ3v) is 4.13. The highest BCUT2D eigenvalue weighted by Gasteiger charge is 2.23. The molecule has 2 rings (SSSR count). The van der Waals surface area contributed by atoms with Crippen LogP contribution in [-0.2, 0) is 13.5 Å². The summed E-state index contributed by atoms with van der Waals surface area (Å²) in [6.07, 6.45) is 2.35. The molecule has 1 amide bonds. The van der Waals surface area contributed by atoms with Crippen LogP contribution in [0.25, 0.3) is 0 Å². The molecule has 1 unspecified atom stereocenters. The third kappa shape index (κ3) is 2.78. The van der Waals surface area contributed by atoms with Crippen molar-refractivity contribution in [2.75, 3.05) is 12.8 Å². The highest BCUT2D eigenvalue weighted by molar-refractivity contribution is 7.09. The Hall–Kier alpha value is -1.82. The van der Waals surface area contributed by atoms with Gasteiger partial charge < -0.3 is 10.6 Å². The summed E-state index contributed by atoms with van der Waals surface area (Å²) in [5.41, 5.74) is 6.65. The predicted octanol–water partition coefficient (Wildman–Crippen LogP) is 1.77. The van der Waals surface area contributed by atoms with Gasteiger partial charge in [-0.15, -0.1) is 11.3 Å². The van der Waals surface area contributed by atoms with Gasteiger partial charge in [-0.3, -0.25) is 9.48 Å². The van der Waals surface area contributed by atoms with Crippen LogP contribution in [0.15, 0.2) is 23.7 Å². The van der Waals surface area contributed by atoms with Crippen LogP contribution in [0.4, 0.5) is 5.69 Å². The van der Waals surface area contributed by atoms with E-state index in [0.29, 0.717) is 11.4 Å². The number of nitrogens with two attached hydrogens (primary N) is 1. The molecule has 0 aromatic carbocycles. The van der Waals surface area contributed by atoms with Crippen LogP contribution in [0.3, 0.4) is 0 Å². The molecule has 2 aromatic rings. The Morgan fingerprint density at radius 3 is 2.89 bits per heavy atom. The molecule has 2 heterocycles. The Morgan fingerprint density at radius 2 is 2.37 bits per heavy atom. The van der Waals surface area contributed by atoms with Crippen LogP contribution < -0.4 is 5.73 Å². The van der Waals surface area contributed by atoms with Crippen LogP contribution >= 0.6 is 11.3 Å². The van der Waals surface area contributed by atoms with Crippen molar-refractivity contribution < 1.29 is 4.79 Å². The third-order valence-electron chi connectivity index (χ3n) is 3.23. The van der Waals surface area contributed by atoms with Gasteiger partial charge in [0, 0.05) is 31.4 Å². The number of rotatable bonds is 4. The van der Waals surface area contributed by atoms with E-state index in [2.05, 4.69) is 11.2 Å². The predicted molar refractivity (Wildman–Crippen MR) is 77.2 cm³/mol. The van der Waals surface area contributed by atoms with Crippen LogP contribution in [0, 0.1) is 0 Å². The summed E-state index contributed by atoms with van der Waals surface area (Å²) in [4.78, 5) is 15.4. The van der Waals surface area contributed by atoms with Crippen molar-refractivity contribution >= 4 is 22.9 Å². The van der Waals surface area contributed by atoms with E-state index in [-0.39, 0.29) is 11.9 Å². The number of nitrogens with zero attached hydrogens (tertiary/aromatic N) is 3. The standard InChI is InChI=1S/C13H18N4OS/c1-9(7-10-5-4-6-19-10)16(2)13(18)12-11(14)8-15-17(12)3/h4-6,8-9H,7,14H2,1-3H3. The molecule has 0 saturated carbocycles. The Kier molecular flexibility index (Phi) is 3.90. The van der Waals surface area contributed by atoms with Gasteiger partial charge in [-0.1, -0.05) is 6.07 Å². The number of thiophene rings is 1. The summed E-state index contributed by atoms with van der Waals surface area (Å²) in [5.74, 6) is -0.0958. The lowest BCUT2D eigenvalue weighted by Gasteiger charge is -2.24. The van der Waals surface area contributed by atoms with E-state index < -0.39 is 0 Å². The van der Waals surface area contributed by atoms with Crippen molar-refractivity contribution in [1.29, 1.82) is 0 Å². The van der Waals surface area contributed by atoms with Gasteiger partial charge in [0.15, 0.2) is 0 Å². The van der Waals surface area contributed by atoms with Crippen LogP contribution in [-0.4, -0.2) is 33.7 Å². The summed E-state index contributed by atoms with van der Waals surface area (Å²) in [6.45, 7) is 2.03. The van der Waals surface area contributed by atoms with E-state index in [0.717, 1.165) is 6.42 Å². The maximum absolute atomic E-state index is 12.4. The molecule has 19 heavy (non-hydrogen) atoms. The number of likely N-dealkylation sites (N-methyl/N-ethyl adjacent to an activating group) is 1. The van der Waals surface area contributed by atoms with E-state index in [1.165, 1.54) is 15.8 Å². The lowest BCUT2D eigenvalue weighted by Crippen LogP contribution is -2.37. The zero-order chi connectivity index (χ0) is 14.0. The lowest BCUT2D eigenvalue weighted by molar-refractivity contribution is 0.0734. The Bertz CT molecular complexity index is 542. The minimum atomic E-state index is -0.0958. The highest BCUT2D eigenvalue weighted by Crippen LogP contribution is 2.17. The molecule has 0 bridgehead atoms. The van der Waals surface area contributed by atoms with E-state index >= 15 is 0 Å². The minimum absolute atomic E-state index is 0.0958. The molecule has 5 nitrogen and oxygen atoms in total. The number of aromatic nitrogens is 2. The zero-order valence-electron chi connectivity index (χ0n) is 11.3. The topological polar surface area (TPSA) is 64.2 Å². The SMILES string of the molecule is CC(Cc1cccs1)N(C)C(=O)c1c(N)cnn1C. The fourth-order valence-corrected chi connectivity index (χ4v) is 2.77. The van der Waals surface area contributed by atoms with Crippen molar-refractivity contribution in [1.82, 2.24) is 14.7 Å². The first kappa shape index (κ1) is 13.6. The normalized spacial score (nSPS) is 12.4. The largest absolute Gasteiger partial charge is 0.396 e. The van der Waals surface area contributed by atoms with Gasteiger partial charge in [-0.2, -0.15) is 5.10 Å². The van der Waals surface area contributed by atoms with Gasteiger partial charge in [0.05, 0.1) is 11.9 Å². The molecule has 0 aliphatic heterocycles. The molecule has 0 spiro atoms. The van der Waals surface area contributed by atoms with Gasteiger partial charge in [-0.25, -0.2) is 0 Å². The Balaban J connectivity index is 2.11. The summed E-state index contributed by atoms with van der Waals surface area (Å²) in [7, 11) is 3.52. The smallest absolute Gasteiger partial charge is 0.274 e. The first-order chi connectivity index (χ1) is 9.00. The molecule has 2 N–H and O–H groups in total. The van der Waals surface area contributed by atoms with Gasteiger partial charge in [0.2, 0.25) is 0 Å². The van der Waals surface area contributed by atoms with Gasteiger partial charge in [-0.05, 0) is 18.4 Å². The number of anilines is 1. The fourth-order valence-electron chi connectivity index (χ4n) is 1.94. The molecule has 0 saturated heterocycles. The lowest BCUT2D eigenvalue weighted by atomic mass is 10.1. The number of aryl methyl sites for hydroxylation is 1. The monoisotopic (exact) mass is 278 g/mol. The highest BCUT2D eigenvalue weighted by atomic mass is 32.1. The molecular weight excluding hydrogens is 260 g/mol. The van der Waals surface area contributed by atoms with Crippen LogP contribution in [0.1, 0.15) is 22.3 Å². The van der Waals surface area contributed by atoms with Crippen molar-refractivity contribution in [2.45, 2.75) is 19.4 Å². The number of carbonyl (C=O) groups is 1. The molecule has 6 heteroatoms. The Labute approximate surface area is 116 Å². The van der Waals surface area contributed by atoms with Crippen molar-refractivity contribution in [2.24, 2.45) is 7.05 Å². The summed E-state index contributed by atoms with van der Waals surface area (Å²) in [6, 6.07) is 4.21. The van der Waals surface area contributed by atoms with E-state index in [9.17, 15) is 4.79 Å². The quantitative estimate of drug-likeness (QED) is 0.927. The molecular formula is C13H18N4OS. The average molecular weight is 278 g/mol. The second-order valence-corrected chi connectivity index (χ2v) is 5.65. The van der Waals surface area contributed by atoms with E-state index in [1.807, 2.05) is 18.4 Å². The Morgan fingerprint density at radius 1 is 1.63 bits per heavy atom. The summed E-state index contributed by atoms with van der Waals surface area (Å²) >= 11 is 1.70. The summed E-state index contributed by atoms with van der Waals surface area (Å²) in [5, 5.41) is 6.05. The van der Waals surface area contributed by atoms with Gasteiger partial charge in [0.1, 0.15) is 5.69 Å². The number of nitrogen functional groups attached to an aromatic ring is 1. The molecule has 0 aliphatic rings. The van der Waals surface area contributed by atoms with Crippen molar-refractivity contribution in [3.05, 3.63) is 34.3 Å². The second kappa shape index (κ2) is 5.44. The van der Waals surface area contributed by atoms with Crippen molar-refractivity contribution in [3.63, 3.8) is 0 Å². The zero-order valence-corrected chi connectivity index (χ0v) is 12.1. The number of carbonyl (C=O) groups excluding carboxylic acids is 1. The van der Waals surface area contributed by atoms with E-state index in [4.69, 9.17) is 5.73 Å². The first-order valence-corrected chi connectivity index (χ1v) is 6.95. The average Bonchev–Trinajstić information content (AvgIpc) is 2.98. The summed E-state index contributed by atoms with van der Waals surface area (Å²) < 4.78 is 1.52. The van der Waals surface area contributed by atoms with Gasteiger partial charge in [0.25, 0.3) is 5.91 Å². The van der Waals surface area contributed by atoms with Crippen LogP contribution in [0.5, 0.6) is 0 Å². The molecule has 0 fully saturated rings. The van der Waals surface area contributed by atoms with Crippen molar-refractivity contribution in [3.8, 4) is 0 Å². The number of amides is 1. The fraction of sp³-hybridized carbons (Fsp3) is 0.385. The van der Waals surface area contributed by atoms with Crippen LogP contribution in [0.2, 0.25) is 0 Å². The number of hydrogen-bond donors (Lipinski definition) is 1. The molecule has 102 valence electrons. The molecule has 2 aromatic heterocycles. The molecule has 0 aliphatic carbocycles. The van der Waals surface area contributed by atoms with Gasteiger partial charge >= 0.3 is 0 Å². The molecule has 1 atom stereocenters. The maximum atomic E-state index is 12.4. The minimum Gasteiger partial charge on any atom is -0.396 e. The molecule has 0 radical (unpaired) electrons.